The summed E-state index contributed by atoms with van der Waals surface area (Å²) in [5.41, 5.74) is 3.23. The Bertz CT molecular complexity index is 1150. The Hall–Kier alpha value is -3.62. The molecule has 1 fully saturated rings. The lowest BCUT2D eigenvalue weighted by molar-refractivity contribution is -0.274. The van der Waals surface area contributed by atoms with Crippen LogP contribution in [-0.4, -0.2) is 35.3 Å². The molecular formula is C25H25F3N4O2. The Kier molecular flexibility index (Phi) is 6.72. The van der Waals surface area contributed by atoms with Crippen molar-refractivity contribution in [3.8, 4) is 16.9 Å². The molecule has 0 spiro atoms. The van der Waals surface area contributed by atoms with Gasteiger partial charge in [0.15, 0.2) is 0 Å². The van der Waals surface area contributed by atoms with Crippen molar-refractivity contribution in [3.63, 3.8) is 0 Å². The van der Waals surface area contributed by atoms with Crippen molar-refractivity contribution in [2.45, 2.75) is 33.1 Å². The van der Waals surface area contributed by atoms with E-state index in [0.29, 0.717) is 17.2 Å². The molecule has 3 heterocycles. The van der Waals surface area contributed by atoms with Crippen LogP contribution in [0, 0.1) is 12.8 Å². The van der Waals surface area contributed by atoms with Crippen LogP contribution in [0.2, 0.25) is 0 Å². The molecule has 1 amide bonds. The summed E-state index contributed by atoms with van der Waals surface area (Å²) in [7, 11) is 0. The van der Waals surface area contributed by atoms with Crippen molar-refractivity contribution in [1.29, 1.82) is 0 Å². The van der Waals surface area contributed by atoms with Crippen molar-refractivity contribution in [3.05, 3.63) is 66.1 Å². The number of hydrogen-bond acceptors (Lipinski definition) is 5. The Morgan fingerprint density at radius 1 is 1.15 bits per heavy atom. The number of carbonyl (C=O) groups excluding carboxylic acids is 1. The number of halogens is 3. The van der Waals surface area contributed by atoms with Gasteiger partial charge in [-0.2, -0.15) is 0 Å². The van der Waals surface area contributed by atoms with Gasteiger partial charge in [0.05, 0.1) is 5.56 Å². The fourth-order valence-corrected chi connectivity index (χ4v) is 3.97. The number of alkyl halides is 3. The van der Waals surface area contributed by atoms with Crippen LogP contribution in [0.4, 0.5) is 24.7 Å². The molecule has 0 saturated carbocycles. The first-order valence-electron chi connectivity index (χ1n) is 11.1. The fraction of sp³-hybridized carbons (Fsp3) is 0.320. The zero-order valence-electron chi connectivity index (χ0n) is 18.9. The molecule has 0 aliphatic carbocycles. The molecule has 34 heavy (non-hydrogen) atoms. The largest absolute Gasteiger partial charge is 0.573 e. The number of benzene rings is 1. The van der Waals surface area contributed by atoms with Gasteiger partial charge in [0, 0.05) is 48.0 Å². The van der Waals surface area contributed by atoms with Crippen LogP contribution in [0.15, 0.2) is 54.9 Å². The van der Waals surface area contributed by atoms with Crippen molar-refractivity contribution in [1.82, 2.24) is 9.97 Å². The van der Waals surface area contributed by atoms with Crippen molar-refractivity contribution < 1.29 is 22.7 Å². The van der Waals surface area contributed by atoms with Crippen LogP contribution in [0.5, 0.6) is 5.75 Å². The molecule has 1 aliphatic rings. The van der Waals surface area contributed by atoms with Crippen LogP contribution in [0.25, 0.3) is 11.1 Å². The molecule has 2 aromatic heterocycles. The summed E-state index contributed by atoms with van der Waals surface area (Å²) in [6.45, 7) is 5.90. The van der Waals surface area contributed by atoms with Gasteiger partial charge in [0.2, 0.25) is 0 Å². The average Bonchev–Trinajstić information content (AvgIpc) is 3.29. The van der Waals surface area contributed by atoms with E-state index in [9.17, 15) is 18.0 Å². The Morgan fingerprint density at radius 2 is 1.91 bits per heavy atom. The maximum absolute atomic E-state index is 12.9. The molecule has 1 aromatic carbocycles. The molecule has 4 rings (SSSR count). The minimum atomic E-state index is -4.77. The number of ether oxygens (including phenoxy) is 1. The second-order valence-electron chi connectivity index (χ2n) is 8.32. The quantitative estimate of drug-likeness (QED) is 0.490. The van der Waals surface area contributed by atoms with Crippen molar-refractivity contribution in [2.24, 2.45) is 5.92 Å². The third-order valence-corrected chi connectivity index (χ3v) is 5.86. The first-order valence-corrected chi connectivity index (χ1v) is 11.1. The van der Waals surface area contributed by atoms with Crippen LogP contribution in [-0.2, 0) is 0 Å². The first kappa shape index (κ1) is 23.5. The summed E-state index contributed by atoms with van der Waals surface area (Å²) in [5, 5.41) is 2.70. The van der Waals surface area contributed by atoms with E-state index in [2.05, 4.69) is 31.8 Å². The molecule has 6 nitrogen and oxygen atoms in total. The van der Waals surface area contributed by atoms with Gasteiger partial charge in [0.25, 0.3) is 5.91 Å². The molecule has 0 radical (unpaired) electrons. The molecule has 1 N–H and O–H groups in total. The number of pyridine rings is 2. The highest BCUT2D eigenvalue weighted by Crippen LogP contribution is 2.34. The van der Waals surface area contributed by atoms with E-state index in [0.717, 1.165) is 60.7 Å². The molecule has 178 valence electrons. The van der Waals surface area contributed by atoms with E-state index in [-0.39, 0.29) is 5.75 Å². The number of rotatable bonds is 6. The summed E-state index contributed by atoms with van der Waals surface area (Å²) >= 11 is 0. The number of carbonyl (C=O) groups is 1. The predicted molar refractivity (Wildman–Crippen MR) is 124 cm³/mol. The maximum atomic E-state index is 12.9. The molecule has 1 saturated heterocycles. The molecule has 1 aliphatic heterocycles. The second-order valence-corrected chi connectivity index (χ2v) is 8.32. The van der Waals surface area contributed by atoms with E-state index in [1.165, 1.54) is 18.3 Å². The predicted octanol–water partition coefficient (Wildman–Crippen LogP) is 5.84. The van der Waals surface area contributed by atoms with Gasteiger partial charge in [-0.3, -0.25) is 9.78 Å². The highest BCUT2D eigenvalue weighted by Gasteiger charge is 2.31. The SMILES string of the molecule is CC[C@@H]1CCN(c2ncc(C(=O)Nc3ccc(OC(F)(F)F)cc3)cc2-c2ccc(C)nc2)C1. The maximum Gasteiger partial charge on any atom is 0.573 e. The van der Waals surface area contributed by atoms with E-state index in [4.69, 9.17) is 0 Å². The number of aromatic nitrogens is 2. The third-order valence-electron chi connectivity index (χ3n) is 5.86. The van der Waals surface area contributed by atoms with E-state index in [1.807, 2.05) is 19.1 Å². The smallest absolute Gasteiger partial charge is 0.406 e. The second kappa shape index (κ2) is 9.70. The van der Waals surface area contributed by atoms with E-state index < -0.39 is 12.3 Å². The number of aryl methyl sites for hydroxylation is 1. The summed E-state index contributed by atoms with van der Waals surface area (Å²) in [6.07, 6.45) is 0.720. The number of amides is 1. The zero-order valence-corrected chi connectivity index (χ0v) is 18.9. The van der Waals surface area contributed by atoms with Crippen LogP contribution in [0.1, 0.15) is 35.8 Å². The molecule has 1 atom stereocenters. The van der Waals surface area contributed by atoms with E-state index >= 15 is 0 Å². The fourth-order valence-electron chi connectivity index (χ4n) is 3.97. The topological polar surface area (TPSA) is 67.4 Å². The molecule has 0 unspecified atom stereocenters. The lowest BCUT2D eigenvalue weighted by Gasteiger charge is -2.21. The summed E-state index contributed by atoms with van der Waals surface area (Å²) < 4.78 is 40.9. The highest BCUT2D eigenvalue weighted by molar-refractivity contribution is 6.05. The van der Waals surface area contributed by atoms with Gasteiger partial charge < -0.3 is 15.0 Å². The van der Waals surface area contributed by atoms with Crippen LogP contribution in [0.3, 0.4) is 0 Å². The average molecular weight is 470 g/mol. The minimum Gasteiger partial charge on any atom is -0.406 e. The minimum absolute atomic E-state index is 0.334. The van der Waals surface area contributed by atoms with Crippen molar-refractivity contribution >= 4 is 17.4 Å². The third kappa shape index (κ3) is 5.65. The Balaban J connectivity index is 1.59. The number of anilines is 2. The molecule has 0 bridgehead atoms. The Morgan fingerprint density at radius 3 is 2.53 bits per heavy atom. The van der Waals surface area contributed by atoms with Gasteiger partial charge in [-0.15, -0.1) is 13.2 Å². The monoisotopic (exact) mass is 470 g/mol. The highest BCUT2D eigenvalue weighted by atomic mass is 19.4. The summed E-state index contributed by atoms with van der Waals surface area (Å²) in [6, 6.07) is 10.6. The normalized spacial score (nSPS) is 15.9. The van der Waals surface area contributed by atoms with Gasteiger partial charge >= 0.3 is 6.36 Å². The van der Waals surface area contributed by atoms with Crippen LogP contribution >= 0.6 is 0 Å². The zero-order chi connectivity index (χ0) is 24.3. The Labute approximate surface area is 195 Å². The molecule has 3 aromatic rings. The standard InChI is InChI=1S/C25H25F3N4O2/c1-3-17-10-11-32(15-17)23-22(18-5-4-16(2)29-13-18)12-19(14-30-23)24(33)31-20-6-8-21(9-7-20)34-25(26,27)28/h4-9,12-14,17H,3,10-11,15H2,1-2H3,(H,31,33)/t17-/m1/s1. The van der Waals surface area contributed by atoms with Crippen molar-refractivity contribution in [2.75, 3.05) is 23.3 Å². The summed E-state index contributed by atoms with van der Waals surface area (Å²) in [4.78, 5) is 24.2. The molecular weight excluding hydrogens is 445 g/mol. The molecule has 9 heteroatoms. The first-order chi connectivity index (χ1) is 16.2. The number of nitrogens with zero attached hydrogens (tertiary/aromatic N) is 3. The van der Waals surface area contributed by atoms with Gasteiger partial charge in [-0.25, -0.2) is 4.98 Å². The van der Waals surface area contributed by atoms with Crippen LogP contribution < -0.4 is 15.0 Å². The van der Waals surface area contributed by atoms with E-state index in [1.54, 1.807) is 12.3 Å². The summed E-state index contributed by atoms with van der Waals surface area (Å²) in [5.74, 6) is 0.643. The van der Waals surface area contributed by atoms with Gasteiger partial charge in [-0.05, 0) is 55.7 Å². The van der Waals surface area contributed by atoms with Gasteiger partial charge in [0.1, 0.15) is 11.6 Å². The van der Waals surface area contributed by atoms with Gasteiger partial charge in [-0.1, -0.05) is 19.4 Å². The lowest BCUT2D eigenvalue weighted by Crippen LogP contribution is -2.22. The number of hydrogen-bond donors (Lipinski definition) is 1. The lowest BCUT2D eigenvalue weighted by atomic mass is 10.0. The number of nitrogens with one attached hydrogen (secondary N) is 1.